The molecule has 7 nitrogen and oxygen atoms in total. The molecule has 7 heteroatoms. The van der Waals surface area contributed by atoms with Gasteiger partial charge in [0.05, 0.1) is 6.61 Å². The highest BCUT2D eigenvalue weighted by molar-refractivity contribution is 6.06. The van der Waals surface area contributed by atoms with E-state index in [-0.39, 0.29) is 18.3 Å². The molecule has 1 saturated heterocycles. The van der Waals surface area contributed by atoms with Gasteiger partial charge in [0, 0.05) is 26.2 Å². The Morgan fingerprint density at radius 2 is 2.05 bits per heavy atom. The van der Waals surface area contributed by atoms with E-state index in [0.717, 1.165) is 19.5 Å². The van der Waals surface area contributed by atoms with Gasteiger partial charge in [0.25, 0.3) is 0 Å². The summed E-state index contributed by atoms with van der Waals surface area (Å²) in [6.07, 6.45) is 1.35. The molecule has 116 valence electrons. The number of aliphatic hydroxyl groups is 1. The highest BCUT2D eigenvalue weighted by atomic mass is 16.4. The molecule has 0 aliphatic carbocycles. The van der Waals surface area contributed by atoms with Crippen LogP contribution in [0.15, 0.2) is 5.16 Å². The molecule has 0 aromatic rings. The molecule has 1 fully saturated rings. The number of amides is 1. The Balaban J connectivity index is 2.76. The number of carbonyl (C=O) groups is 1. The fourth-order valence-electron chi connectivity index (χ4n) is 2.44. The smallest absolute Gasteiger partial charge is 0.236 e. The van der Waals surface area contributed by atoms with Gasteiger partial charge in [-0.1, -0.05) is 12.1 Å². The van der Waals surface area contributed by atoms with Gasteiger partial charge in [-0.2, -0.15) is 0 Å². The number of aliphatic hydroxyl groups excluding tert-OH is 1. The Kier molecular flexibility index (Phi) is 6.22. The quantitative estimate of drug-likeness (QED) is 0.278. The summed E-state index contributed by atoms with van der Waals surface area (Å²) in [6.45, 7) is 7.20. The van der Waals surface area contributed by atoms with Crippen LogP contribution in [-0.4, -0.2) is 71.2 Å². The molecular weight excluding hydrogens is 260 g/mol. The summed E-state index contributed by atoms with van der Waals surface area (Å²) in [7, 11) is 0. The van der Waals surface area contributed by atoms with Crippen molar-refractivity contribution in [2.75, 3.05) is 39.3 Å². The van der Waals surface area contributed by atoms with E-state index in [1.807, 2.05) is 6.92 Å². The van der Waals surface area contributed by atoms with Gasteiger partial charge in [0.15, 0.2) is 5.84 Å². The minimum atomic E-state index is -0.957. The van der Waals surface area contributed by atoms with Crippen LogP contribution >= 0.6 is 0 Å². The number of nitrogens with zero attached hydrogens (tertiary/aromatic N) is 3. The molecule has 1 aliphatic heterocycles. The third-order valence-corrected chi connectivity index (χ3v) is 4.14. The Morgan fingerprint density at radius 1 is 1.35 bits per heavy atom. The number of oxime groups is 1. The number of nitrogens with two attached hydrogens (primary N) is 1. The molecule has 20 heavy (non-hydrogen) atoms. The van der Waals surface area contributed by atoms with E-state index in [9.17, 15) is 4.79 Å². The zero-order valence-electron chi connectivity index (χ0n) is 12.4. The molecule has 0 aromatic carbocycles. The third kappa shape index (κ3) is 3.61. The summed E-state index contributed by atoms with van der Waals surface area (Å²) < 4.78 is 0. The van der Waals surface area contributed by atoms with Gasteiger partial charge < -0.3 is 20.9 Å². The summed E-state index contributed by atoms with van der Waals surface area (Å²) in [4.78, 5) is 16.6. The lowest BCUT2D eigenvalue weighted by atomic mass is 9.84. The summed E-state index contributed by atoms with van der Waals surface area (Å²) in [5, 5.41) is 20.9. The number of hydrogen-bond donors (Lipinski definition) is 3. The van der Waals surface area contributed by atoms with Crippen LogP contribution in [0.3, 0.4) is 0 Å². The molecule has 1 heterocycles. The first-order chi connectivity index (χ1) is 9.49. The molecule has 4 N–H and O–H groups in total. The minimum Gasteiger partial charge on any atom is -0.409 e. The molecule has 0 bridgehead atoms. The first-order valence-corrected chi connectivity index (χ1v) is 7.10. The topological polar surface area (TPSA) is 102 Å². The molecule has 0 saturated carbocycles. The van der Waals surface area contributed by atoms with E-state index in [2.05, 4.69) is 10.1 Å². The van der Waals surface area contributed by atoms with Gasteiger partial charge in [-0.15, -0.1) is 0 Å². The number of hydrogen-bond acceptors (Lipinski definition) is 5. The average molecular weight is 286 g/mol. The number of amidine groups is 1. The molecule has 0 spiro atoms. The molecule has 1 unspecified atom stereocenters. The first-order valence-electron chi connectivity index (χ1n) is 7.10. The van der Waals surface area contributed by atoms with E-state index in [0.29, 0.717) is 26.1 Å². The highest BCUT2D eigenvalue weighted by Crippen LogP contribution is 2.25. The normalized spacial score (nSPS) is 21.4. The Hall–Kier alpha value is -1.34. The van der Waals surface area contributed by atoms with Crippen LogP contribution in [0.4, 0.5) is 0 Å². The molecular formula is C13H26N4O3. The van der Waals surface area contributed by atoms with Gasteiger partial charge in [0.2, 0.25) is 5.91 Å². The monoisotopic (exact) mass is 286 g/mol. The van der Waals surface area contributed by atoms with Crippen molar-refractivity contribution in [3.05, 3.63) is 0 Å². The molecule has 1 amide bonds. The lowest BCUT2D eigenvalue weighted by Gasteiger charge is -2.32. The Morgan fingerprint density at radius 3 is 2.60 bits per heavy atom. The zero-order chi connectivity index (χ0) is 15.2. The summed E-state index contributed by atoms with van der Waals surface area (Å²) in [5.41, 5.74) is 4.74. The maximum Gasteiger partial charge on any atom is 0.236 e. The molecule has 1 rings (SSSR count). The van der Waals surface area contributed by atoms with Crippen LogP contribution < -0.4 is 5.73 Å². The second-order valence-corrected chi connectivity index (χ2v) is 5.38. The minimum absolute atomic E-state index is 0.0403. The standard InChI is InChI=1S/C13H26N4O3/c1-3-13(2,11(14)15-20)12(19)17-6-4-5-16(7-8-17)9-10-18/h18,20H,3-10H2,1-2H3,(H2,14,15). The molecule has 0 radical (unpaired) electrons. The van der Waals surface area contributed by atoms with Gasteiger partial charge in [-0.05, 0) is 26.3 Å². The lowest BCUT2D eigenvalue weighted by Crippen LogP contribution is -2.50. The van der Waals surface area contributed by atoms with E-state index >= 15 is 0 Å². The second kappa shape index (κ2) is 7.44. The van der Waals surface area contributed by atoms with Gasteiger partial charge >= 0.3 is 0 Å². The van der Waals surface area contributed by atoms with Crippen molar-refractivity contribution < 1.29 is 15.1 Å². The predicted molar refractivity (Wildman–Crippen MR) is 76.5 cm³/mol. The van der Waals surface area contributed by atoms with Gasteiger partial charge in [0.1, 0.15) is 5.41 Å². The van der Waals surface area contributed by atoms with Crippen LogP contribution in [0, 0.1) is 5.41 Å². The van der Waals surface area contributed by atoms with Gasteiger partial charge in [-0.3, -0.25) is 9.69 Å². The first kappa shape index (κ1) is 16.7. The summed E-state index contributed by atoms with van der Waals surface area (Å²) in [5.74, 6) is -0.136. The van der Waals surface area contributed by atoms with Gasteiger partial charge in [-0.25, -0.2) is 0 Å². The van der Waals surface area contributed by atoms with Crippen LogP contribution in [0.2, 0.25) is 0 Å². The Labute approximate surface area is 120 Å². The van der Waals surface area contributed by atoms with E-state index in [1.54, 1.807) is 11.8 Å². The van der Waals surface area contributed by atoms with Crippen LogP contribution in [0.1, 0.15) is 26.7 Å². The van der Waals surface area contributed by atoms with E-state index in [4.69, 9.17) is 16.0 Å². The third-order valence-electron chi connectivity index (χ3n) is 4.14. The van der Waals surface area contributed by atoms with E-state index < -0.39 is 5.41 Å². The molecule has 1 aliphatic rings. The van der Waals surface area contributed by atoms with Crippen molar-refractivity contribution >= 4 is 11.7 Å². The van der Waals surface area contributed by atoms with Crippen molar-refractivity contribution in [3.63, 3.8) is 0 Å². The maximum absolute atomic E-state index is 12.7. The van der Waals surface area contributed by atoms with Crippen LogP contribution in [0.25, 0.3) is 0 Å². The molecule has 1 atom stereocenters. The lowest BCUT2D eigenvalue weighted by molar-refractivity contribution is -0.137. The van der Waals surface area contributed by atoms with Crippen LogP contribution in [-0.2, 0) is 4.79 Å². The number of β-amino-alcohol motifs (C(OH)–C–C–N with tert-alkyl or cyclic N) is 1. The summed E-state index contributed by atoms with van der Waals surface area (Å²) in [6, 6.07) is 0. The van der Waals surface area contributed by atoms with Crippen molar-refractivity contribution in [3.8, 4) is 0 Å². The Bertz CT molecular complexity index is 362. The van der Waals surface area contributed by atoms with Crippen LogP contribution in [0.5, 0.6) is 0 Å². The fraction of sp³-hybridized carbons (Fsp3) is 0.846. The molecule has 0 aromatic heterocycles. The fourth-order valence-corrected chi connectivity index (χ4v) is 2.44. The largest absolute Gasteiger partial charge is 0.409 e. The van der Waals surface area contributed by atoms with Crippen molar-refractivity contribution in [1.82, 2.24) is 9.80 Å². The highest BCUT2D eigenvalue weighted by Gasteiger charge is 2.39. The summed E-state index contributed by atoms with van der Waals surface area (Å²) >= 11 is 0. The average Bonchev–Trinajstić information content (AvgIpc) is 2.70. The van der Waals surface area contributed by atoms with Crippen molar-refractivity contribution in [1.29, 1.82) is 0 Å². The second-order valence-electron chi connectivity index (χ2n) is 5.38. The zero-order valence-corrected chi connectivity index (χ0v) is 12.4. The maximum atomic E-state index is 12.7. The number of rotatable bonds is 5. The van der Waals surface area contributed by atoms with Crippen molar-refractivity contribution in [2.24, 2.45) is 16.3 Å². The number of carbonyl (C=O) groups excluding carboxylic acids is 1. The van der Waals surface area contributed by atoms with E-state index in [1.165, 1.54) is 0 Å². The SMILES string of the molecule is CCC(C)(C(=O)N1CCCN(CCO)CC1)C(N)=NO. The van der Waals surface area contributed by atoms with Crippen molar-refractivity contribution in [2.45, 2.75) is 26.7 Å². The predicted octanol–water partition coefficient (Wildman–Crippen LogP) is -0.324.